The van der Waals surface area contributed by atoms with Crippen LogP contribution in [-0.2, 0) is 0 Å². The smallest absolute Gasteiger partial charge is 0.194 e. The van der Waals surface area contributed by atoms with Gasteiger partial charge in [0.2, 0.25) is 0 Å². The van der Waals surface area contributed by atoms with E-state index >= 15 is 0 Å². The molecule has 224 valence electrons. The Balaban J connectivity index is 1.37. The molecular weight excluding hydrogens is 599 g/mol. The summed E-state index contributed by atoms with van der Waals surface area (Å²) < 4.78 is 2.23. The highest BCUT2D eigenvalue weighted by atomic mass is 28.3. The van der Waals surface area contributed by atoms with Crippen molar-refractivity contribution < 1.29 is 0 Å². The molecule has 1 heterocycles. The Hall–Kier alpha value is -6.46. The van der Waals surface area contributed by atoms with Crippen molar-refractivity contribution in [2.45, 2.75) is 0 Å². The van der Waals surface area contributed by atoms with Gasteiger partial charge in [0.15, 0.2) is 19.4 Å². The molecule has 0 saturated heterocycles. The first-order chi connectivity index (χ1) is 23.7. The molecule has 0 aliphatic carbocycles. The lowest BCUT2D eigenvalue weighted by molar-refractivity contribution is 1.18. The van der Waals surface area contributed by atoms with Gasteiger partial charge in [0.25, 0.3) is 0 Å². The lowest BCUT2D eigenvalue weighted by Crippen LogP contribution is -2.74. The van der Waals surface area contributed by atoms with E-state index in [0.29, 0.717) is 11.4 Å². The normalized spacial score (nSPS) is 11.3. The third-order valence-corrected chi connectivity index (χ3v) is 14.1. The zero-order chi connectivity index (χ0) is 32.5. The van der Waals surface area contributed by atoms with Crippen LogP contribution in [0.25, 0.3) is 48.3 Å². The Morgan fingerprint density at radius 1 is 0.438 bits per heavy atom. The minimum absolute atomic E-state index is 0.533. The van der Waals surface area contributed by atoms with Crippen LogP contribution in [0.15, 0.2) is 176 Å². The molecule has 3 nitrogen and oxygen atoms in total. The Kier molecular flexibility index (Phi) is 7.27. The third-order valence-electron chi connectivity index (χ3n) is 9.35. The molecule has 0 bridgehead atoms. The summed E-state index contributed by atoms with van der Waals surface area (Å²) in [7, 11) is -2.80. The number of hydrogen-bond acceptors (Lipinski definition) is 0. The fraction of sp³-hybridized carbons (Fsp3) is 0. The van der Waals surface area contributed by atoms with Gasteiger partial charge in [-0.15, -0.1) is 0 Å². The van der Waals surface area contributed by atoms with E-state index in [-0.39, 0.29) is 0 Å². The molecule has 4 heteroatoms. The van der Waals surface area contributed by atoms with Crippen LogP contribution >= 0.6 is 0 Å². The predicted octanol–water partition coefficient (Wildman–Crippen LogP) is 8.93. The first-order valence-corrected chi connectivity index (χ1v) is 17.9. The van der Waals surface area contributed by atoms with Crippen molar-refractivity contribution in [3.63, 3.8) is 0 Å². The van der Waals surface area contributed by atoms with Crippen molar-refractivity contribution in [2.75, 3.05) is 0 Å². The van der Waals surface area contributed by atoms with E-state index in [2.05, 4.69) is 178 Å². The van der Waals surface area contributed by atoms with Gasteiger partial charge in [0, 0.05) is 16.5 Å². The van der Waals surface area contributed by atoms with Gasteiger partial charge in [-0.05, 0) is 57.0 Å². The van der Waals surface area contributed by atoms with E-state index in [1.807, 2.05) is 12.1 Å². The van der Waals surface area contributed by atoms with Gasteiger partial charge in [0.05, 0.1) is 24.2 Å². The molecule has 8 aromatic rings. The van der Waals surface area contributed by atoms with Crippen LogP contribution in [0, 0.1) is 13.1 Å². The van der Waals surface area contributed by atoms with E-state index < -0.39 is 8.07 Å². The molecule has 7 aromatic carbocycles. The molecule has 0 aliphatic heterocycles. The lowest BCUT2D eigenvalue weighted by atomic mass is 10.0. The Labute approximate surface area is 281 Å². The predicted molar refractivity (Wildman–Crippen MR) is 202 cm³/mol. The first kappa shape index (κ1) is 29.0. The number of fused-ring (bicyclic) bond motifs is 3. The second-order valence-corrected chi connectivity index (χ2v) is 15.7. The highest BCUT2D eigenvalue weighted by Crippen LogP contribution is 2.38. The first-order valence-electron chi connectivity index (χ1n) is 15.9. The van der Waals surface area contributed by atoms with E-state index in [9.17, 15) is 0 Å². The number of rotatable bonds is 6. The van der Waals surface area contributed by atoms with E-state index in [4.69, 9.17) is 13.1 Å². The Bertz CT molecular complexity index is 2370. The molecule has 48 heavy (non-hydrogen) atoms. The third kappa shape index (κ3) is 4.64. The maximum Gasteiger partial charge on any atom is 0.194 e. The maximum absolute atomic E-state index is 8.43. The molecule has 0 spiro atoms. The average Bonchev–Trinajstić information content (AvgIpc) is 3.51. The van der Waals surface area contributed by atoms with Gasteiger partial charge in [-0.2, -0.15) is 0 Å². The number of benzene rings is 7. The summed E-state index contributed by atoms with van der Waals surface area (Å²) in [6.45, 7) is 16.4. The summed E-state index contributed by atoms with van der Waals surface area (Å²) in [6, 6.07) is 61.4. The van der Waals surface area contributed by atoms with E-state index in [0.717, 1.165) is 43.8 Å². The van der Waals surface area contributed by atoms with Crippen molar-refractivity contribution in [3.8, 4) is 16.8 Å². The Morgan fingerprint density at radius 2 is 0.938 bits per heavy atom. The van der Waals surface area contributed by atoms with Crippen molar-refractivity contribution in [2.24, 2.45) is 0 Å². The van der Waals surface area contributed by atoms with Crippen LogP contribution in [0.2, 0.25) is 0 Å². The van der Waals surface area contributed by atoms with Gasteiger partial charge in [-0.25, -0.2) is 9.69 Å². The van der Waals surface area contributed by atoms with Crippen molar-refractivity contribution in [3.05, 3.63) is 199 Å². The monoisotopic (exact) mass is 627 g/mol. The molecule has 0 N–H and O–H groups in total. The molecule has 8 rings (SSSR count). The molecule has 0 atom stereocenters. The minimum Gasteiger partial charge on any atom is -0.310 e. The topological polar surface area (TPSA) is 13.7 Å². The van der Waals surface area contributed by atoms with Crippen molar-refractivity contribution in [1.29, 1.82) is 0 Å². The molecule has 1 aromatic heterocycles. The second kappa shape index (κ2) is 12.0. The van der Waals surface area contributed by atoms with Gasteiger partial charge in [-0.3, -0.25) is 0 Å². The van der Waals surface area contributed by atoms with Crippen LogP contribution in [0.1, 0.15) is 0 Å². The molecular formula is C44H29N3Si. The van der Waals surface area contributed by atoms with E-state index in [1.54, 1.807) is 0 Å². The highest BCUT2D eigenvalue weighted by molar-refractivity contribution is 7.19. The SMILES string of the molecule is [C-]#[N+]c1cc(-c2ccc([Si](c3ccccc3)(c3ccccc3)c3ccccc3)cc2[N+]#[C-])cc(-n2c3ccccc3c3ccccc32)c1. The zero-order valence-corrected chi connectivity index (χ0v) is 27.1. The highest BCUT2D eigenvalue weighted by Gasteiger charge is 2.41. The van der Waals surface area contributed by atoms with Gasteiger partial charge < -0.3 is 4.57 Å². The molecule has 0 radical (unpaired) electrons. The molecule has 0 amide bonds. The maximum atomic E-state index is 8.43. The van der Waals surface area contributed by atoms with E-state index in [1.165, 1.54) is 15.6 Å². The summed E-state index contributed by atoms with van der Waals surface area (Å²) in [5, 5.41) is 7.25. The quantitative estimate of drug-likeness (QED) is 0.0993. The molecule has 0 unspecified atom stereocenters. The van der Waals surface area contributed by atoms with Crippen LogP contribution in [0.5, 0.6) is 0 Å². The number of aromatic nitrogens is 1. The summed E-state index contributed by atoms with van der Waals surface area (Å²) >= 11 is 0. The standard InChI is InChI=1S/C44H29N3Si/c1-45-33-28-32(29-34(30-33)47-43-24-14-12-22-40(43)41-23-13-15-25-44(41)47)39-27-26-38(31-42(39)46-2)48(35-16-6-3-7-17-35,36-18-8-4-9-19-36)37-20-10-5-11-21-37/h3-31H. The molecule has 0 saturated carbocycles. The Morgan fingerprint density at radius 3 is 1.44 bits per heavy atom. The summed E-state index contributed by atoms with van der Waals surface area (Å²) in [6.07, 6.45) is 0. The van der Waals surface area contributed by atoms with Crippen molar-refractivity contribution >= 4 is 62.0 Å². The number of hydrogen-bond donors (Lipinski definition) is 0. The fourth-order valence-corrected chi connectivity index (χ4v) is 12.1. The van der Waals surface area contributed by atoms with Crippen LogP contribution < -0.4 is 20.7 Å². The van der Waals surface area contributed by atoms with Crippen molar-refractivity contribution in [1.82, 2.24) is 4.57 Å². The zero-order valence-electron chi connectivity index (χ0n) is 26.1. The molecule has 0 aliphatic rings. The van der Waals surface area contributed by atoms with Gasteiger partial charge in [-0.1, -0.05) is 151 Å². The lowest BCUT2D eigenvalue weighted by Gasteiger charge is -2.34. The average molecular weight is 628 g/mol. The molecule has 0 fully saturated rings. The van der Waals surface area contributed by atoms with Crippen LogP contribution in [-0.4, -0.2) is 12.6 Å². The summed E-state index contributed by atoms with van der Waals surface area (Å²) in [4.78, 5) is 8.02. The number of para-hydroxylation sites is 2. The number of nitrogens with zero attached hydrogens (tertiary/aromatic N) is 3. The summed E-state index contributed by atoms with van der Waals surface area (Å²) in [5.41, 5.74) is 5.84. The van der Waals surface area contributed by atoms with Crippen LogP contribution in [0.3, 0.4) is 0 Å². The minimum atomic E-state index is -2.80. The van der Waals surface area contributed by atoms with Crippen LogP contribution in [0.4, 0.5) is 11.4 Å². The summed E-state index contributed by atoms with van der Waals surface area (Å²) in [5.74, 6) is 0. The largest absolute Gasteiger partial charge is 0.310 e. The van der Waals surface area contributed by atoms with Gasteiger partial charge >= 0.3 is 0 Å². The second-order valence-electron chi connectivity index (χ2n) is 11.9. The van der Waals surface area contributed by atoms with Gasteiger partial charge in [0.1, 0.15) is 0 Å². The fourth-order valence-electron chi connectivity index (χ4n) is 7.31.